The van der Waals surface area contributed by atoms with Gasteiger partial charge >= 0.3 is 0 Å². The van der Waals surface area contributed by atoms with Gasteiger partial charge < -0.3 is 10.2 Å². The molecule has 10 heteroatoms. The van der Waals surface area contributed by atoms with Crippen LogP contribution in [0.4, 0.5) is 35.1 Å². The minimum Gasteiger partial charge on any atom is -0.362 e. The topological polar surface area (TPSA) is 40.5 Å². The molecule has 8 atom stereocenters. The molecule has 0 aliphatic rings. The Balaban J connectivity index is 4.63. The molecule has 0 aliphatic carbocycles. The van der Waals surface area contributed by atoms with E-state index in [9.17, 15) is 35.1 Å². The molecule has 18 heavy (non-hydrogen) atoms. The second-order valence-corrected chi connectivity index (χ2v) is 3.41. The van der Waals surface area contributed by atoms with E-state index in [-0.39, 0.29) is 0 Å². The number of aliphatic hydroxyl groups is 2. The zero-order valence-electron chi connectivity index (χ0n) is 8.54. The maximum Gasteiger partial charge on any atom is 0.231 e. The lowest BCUT2D eigenvalue weighted by atomic mass is 10.0. The summed E-state index contributed by atoms with van der Waals surface area (Å²) in [6.45, 7) is 0. The Morgan fingerprint density at radius 2 is 0.556 bits per heavy atom. The van der Waals surface area contributed by atoms with Crippen molar-refractivity contribution in [2.45, 2.75) is 49.7 Å². The largest absolute Gasteiger partial charge is 0.362 e. The molecule has 0 fully saturated rings. The summed E-state index contributed by atoms with van der Waals surface area (Å²) in [5.74, 6) is 0. The second-order valence-electron chi connectivity index (χ2n) is 3.41. The third-order valence-electron chi connectivity index (χ3n) is 2.05. The first-order chi connectivity index (χ1) is 8.11. The SMILES string of the molecule is OC(F)C(F)C(F)C(F)C(F)C(F)C(F)C(O)F. The Hall–Kier alpha value is -0.640. The zero-order chi connectivity index (χ0) is 14.6. The number of halogens is 8. The first kappa shape index (κ1) is 17.4. The molecular formula is C8H10F8O2. The van der Waals surface area contributed by atoms with Crippen LogP contribution in [-0.2, 0) is 0 Å². The average Bonchev–Trinajstić information content (AvgIpc) is 2.32. The molecule has 8 unspecified atom stereocenters. The summed E-state index contributed by atoms with van der Waals surface area (Å²) in [5, 5.41) is 15.8. The lowest BCUT2D eigenvalue weighted by molar-refractivity contribution is -0.108. The van der Waals surface area contributed by atoms with Crippen molar-refractivity contribution in [3.63, 3.8) is 0 Å². The van der Waals surface area contributed by atoms with Gasteiger partial charge in [-0.1, -0.05) is 0 Å². The average molecular weight is 290 g/mol. The zero-order valence-corrected chi connectivity index (χ0v) is 8.54. The van der Waals surface area contributed by atoms with Crippen molar-refractivity contribution in [2.24, 2.45) is 0 Å². The van der Waals surface area contributed by atoms with E-state index in [2.05, 4.69) is 0 Å². The number of rotatable bonds is 7. The predicted octanol–water partition coefficient (Wildman–Crippen LogP) is 1.59. The smallest absolute Gasteiger partial charge is 0.231 e. The van der Waals surface area contributed by atoms with Crippen LogP contribution in [0, 0.1) is 0 Å². The van der Waals surface area contributed by atoms with Crippen LogP contribution in [0.3, 0.4) is 0 Å². The number of alkyl halides is 8. The Morgan fingerprint density at radius 1 is 0.389 bits per heavy atom. The van der Waals surface area contributed by atoms with Crippen molar-refractivity contribution in [1.82, 2.24) is 0 Å². The molecule has 0 aromatic carbocycles. The van der Waals surface area contributed by atoms with E-state index < -0.39 is 49.7 Å². The quantitative estimate of drug-likeness (QED) is 0.699. The minimum atomic E-state index is -3.68. The van der Waals surface area contributed by atoms with Crippen molar-refractivity contribution >= 4 is 0 Å². The van der Waals surface area contributed by atoms with E-state index in [1.807, 2.05) is 0 Å². The van der Waals surface area contributed by atoms with Crippen molar-refractivity contribution in [2.75, 3.05) is 0 Å². The van der Waals surface area contributed by atoms with Gasteiger partial charge in [-0.15, -0.1) is 0 Å². The van der Waals surface area contributed by atoms with Gasteiger partial charge in [0.1, 0.15) is 0 Å². The highest BCUT2D eigenvalue weighted by atomic mass is 19.2. The highest BCUT2D eigenvalue weighted by Crippen LogP contribution is 2.26. The van der Waals surface area contributed by atoms with Gasteiger partial charge in [0.15, 0.2) is 37.0 Å². The van der Waals surface area contributed by atoms with Gasteiger partial charge in [-0.2, -0.15) is 0 Å². The molecule has 0 amide bonds. The van der Waals surface area contributed by atoms with Gasteiger partial charge in [-0.05, 0) is 0 Å². The Morgan fingerprint density at radius 3 is 0.722 bits per heavy atom. The van der Waals surface area contributed by atoms with Crippen molar-refractivity contribution in [3.05, 3.63) is 0 Å². The summed E-state index contributed by atoms with van der Waals surface area (Å²) >= 11 is 0. The summed E-state index contributed by atoms with van der Waals surface area (Å²) < 4.78 is 99.4. The van der Waals surface area contributed by atoms with Crippen LogP contribution in [0.2, 0.25) is 0 Å². The molecule has 0 spiro atoms. The monoisotopic (exact) mass is 290 g/mol. The summed E-state index contributed by atoms with van der Waals surface area (Å²) in [6.07, 6.45) is -28.6. The standard InChI is InChI=1S/C8H10F8O2/c9-1(3(11)5(13)7(15)17)2(10)4(12)6(14)8(16)18/h1-8,17-18H. The highest BCUT2D eigenvalue weighted by molar-refractivity contribution is 4.90. The van der Waals surface area contributed by atoms with E-state index in [0.29, 0.717) is 0 Å². The van der Waals surface area contributed by atoms with Crippen LogP contribution in [0.5, 0.6) is 0 Å². The number of hydrogen-bond acceptors (Lipinski definition) is 2. The van der Waals surface area contributed by atoms with Crippen molar-refractivity contribution in [1.29, 1.82) is 0 Å². The van der Waals surface area contributed by atoms with Gasteiger partial charge in [0.2, 0.25) is 12.7 Å². The highest BCUT2D eigenvalue weighted by Gasteiger charge is 2.46. The van der Waals surface area contributed by atoms with E-state index in [0.717, 1.165) is 0 Å². The van der Waals surface area contributed by atoms with Gasteiger partial charge in [0, 0.05) is 0 Å². The third kappa shape index (κ3) is 4.23. The Kier molecular flexibility index (Phi) is 6.82. The van der Waals surface area contributed by atoms with Crippen LogP contribution in [0.1, 0.15) is 0 Å². The first-order valence-corrected chi connectivity index (χ1v) is 4.60. The molecule has 0 aromatic heterocycles. The van der Waals surface area contributed by atoms with Crippen molar-refractivity contribution < 1.29 is 45.3 Å². The molecule has 0 bridgehead atoms. The minimum absolute atomic E-state index is 3.49. The molecule has 0 rings (SSSR count). The molecule has 110 valence electrons. The third-order valence-corrected chi connectivity index (χ3v) is 2.05. The van der Waals surface area contributed by atoms with Crippen molar-refractivity contribution in [3.8, 4) is 0 Å². The van der Waals surface area contributed by atoms with E-state index in [1.54, 1.807) is 0 Å². The van der Waals surface area contributed by atoms with Gasteiger partial charge in [-0.25, -0.2) is 35.1 Å². The van der Waals surface area contributed by atoms with Gasteiger partial charge in [0.25, 0.3) is 0 Å². The fourth-order valence-electron chi connectivity index (χ4n) is 1.01. The molecule has 0 heterocycles. The van der Waals surface area contributed by atoms with E-state index in [1.165, 1.54) is 0 Å². The first-order valence-electron chi connectivity index (χ1n) is 4.60. The van der Waals surface area contributed by atoms with Gasteiger partial charge in [0.05, 0.1) is 0 Å². The van der Waals surface area contributed by atoms with Crippen LogP contribution >= 0.6 is 0 Å². The molecule has 0 aliphatic heterocycles. The molecule has 0 aromatic rings. The molecule has 0 saturated carbocycles. The number of hydrogen-bond donors (Lipinski definition) is 2. The predicted molar refractivity (Wildman–Crippen MR) is 43.6 cm³/mol. The summed E-state index contributed by atoms with van der Waals surface area (Å²) in [5.41, 5.74) is 0. The molecule has 2 nitrogen and oxygen atoms in total. The molecular weight excluding hydrogens is 280 g/mol. The maximum atomic E-state index is 12.8. The normalized spacial score (nSPS) is 25.7. The number of aliphatic hydroxyl groups excluding tert-OH is 2. The Labute approximate surface area is 96.2 Å². The lowest BCUT2D eigenvalue weighted by Crippen LogP contribution is -2.46. The van der Waals surface area contributed by atoms with Crippen LogP contribution < -0.4 is 0 Å². The lowest BCUT2D eigenvalue weighted by Gasteiger charge is -2.24. The molecule has 2 N–H and O–H groups in total. The summed E-state index contributed by atoms with van der Waals surface area (Å²) in [7, 11) is 0. The van der Waals surface area contributed by atoms with E-state index >= 15 is 0 Å². The van der Waals surface area contributed by atoms with Gasteiger partial charge in [-0.3, -0.25) is 0 Å². The molecule has 0 radical (unpaired) electrons. The fraction of sp³-hybridized carbons (Fsp3) is 1.00. The second kappa shape index (κ2) is 7.07. The van der Waals surface area contributed by atoms with Crippen LogP contribution in [0.15, 0.2) is 0 Å². The van der Waals surface area contributed by atoms with Crippen LogP contribution in [0.25, 0.3) is 0 Å². The summed E-state index contributed by atoms with van der Waals surface area (Å²) in [4.78, 5) is 0. The molecule has 0 saturated heterocycles. The van der Waals surface area contributed by atoms with Crippen LogP contribution in [-0.4, -0.2) is 60.0 Å². The fourth-order valence-corrected chi connectivity index (χ4v) is 1.01. The summed E-state index contributed by atoms with van der Waals surface area (Å²) in [6, 6.07) is 0. The van der Waals surface area contributed by atoms with E-state index in [4.69, 9.17) is 10.2 Å². The Bertz CT molecular complexity index is 217. The maximum absolute atomic E-state index is 12.8.